The predicted octanol–water partition coefficient (Wildman–Crippen LogP) is 5.37. The van der Waals surface area contributed by atoms with Crippen LogP contribution in [0.15, 0.2) is 30.5 Å². The van der Waals surface area contributed by atoms with E-state index in [-0.39, 0.29) is 24.2 Å². The largest absolute Gasteiger partial charge is 0.471 e. The SMILES string of the molecule is CC(=O)Nc1nc2ccc(-c3cnc4c(c3)N(C(=O)OC3CCCCC3)CC(C)O4)cc2s1. The maximum Gasteiger partial charge on any atom is 0.414 e. The summed E-state index contributed by atoms with van der Waals surface area (Å²) in [4.78, 5) is 35.0. The molecule has 0 radical (unpaired) electrons. The summed E-state index contributed by atoms with van der Waals surface area (Å²) in [7, 11) is 0. The molecule has 1 unspecified atom stereocenters. The molecule has 8 nitrogen and oxygen atoms in total. The molecule has 3 heterocycles. The highest BCUT2D eigenvalue weighted by Crippen LogP contribution is 2.37. The van der Waals surface area contributed by atoms with Crippen LogP contribution in [0.1, 0.15) is 46.0 Å². The lowest BCUT2D eigenvalue weighted by Gasteiger charge is -2.33. The van der Waals surface area contributed by atoms with Gasteiger partial charge in [-0.2, -0.15) is 0 Å². The van der Waals surface area contributed by atoms with Gasteiger partial charge in [0.05, 0.1) is 16.8 Å². The van der Waals surface area contributed by atoms with Crippen LogP contribution in [-0.4, -0.2) is 40.7 Å². The van der Waals surface area contributed by atoms with Crippen LogP contribution in [0, 0.1) is 0 Å². The monoisotopic (exact) mass is 466 g/mol. The fourth-order valence-corrected chi connectivity index (χ4v) is 5.29. The lowest BCUT2D eigenvalue weighted by atomic mass is 9.98. The Kier molecular flexibility index (Phi) is 5.88. The van der Waals surface area contributed by atoms with Gasteiger partial charge in [-0.25, -0.2) is 14.8 Å². The topological polar surface area (TPSA) is 93.7 Å². The Labute approximate surface area is 195 Å². The van der Waals surface area contributed by atoms with Gasteiger partial charge >= 0.3 is 6.09 Å². The van der Waals surface area contributed by atoms with Crippen LogP contribution in [0.25, 0.3) is 21.3 Å². The van der Waals surface area contributed by atoms with Crippen LogP contribution < -0.4 is 15.0 Å². The molecular formula is C24H26N4O4S. The van der Waals surface area contributed by atoms with Gasteiger partial charge in [-0.05, 0) is 56.4 Å². The van der Waals surface area contributed by atoms with Crippen molar-refractivity contribution in [1.29, 1.82) is 0 Å². The second kappa shape index (κ2) is 8.97. The standard InChI is InChI=1S/C24H26N4O4S/c1-14-13-28(24(30)32-18-6-4-3-5-7-18)20-10-17(12-25-22(20)31-14)16-8-9-19-21(11-16)33-23(27-19)26-15(2)29/h8-12,14,18H,3-7,13H2,1-2H3,(H,26,27,29). The number of aromatic nitrogens is 2. The molecule has 1 aromatic carbocycles. The van der Waals surface area contributed by atoms with Crippen molar-refractivity contribution in [2.75, 3.05) is 16.8 Å². The summed E-state index contributed by atoms with van der Waals surface area (Å²) in [6.45, 7) is 3.80. The average Bonchev–Trinajstić information content (AvgIpc) is 3.19. The first-order valence-corrected chi connectivity index (χ1v) is 12.1. The molecule has 3 aromatic rings. The molecule has 172 valence electrons. The molecule has 1 aliphatic carbocycles. The Morgan fingerprint density at radius 3 is 2.79 bits per heavy atom. The van der Waals surface area contributed by atoms with E-state index in [0.717, 1.165) is 47.0 Å². The molecule has 2 amide bonds. The lowest BCUT2D eigenvalue weighted by Crippen LogP contribution is -2.44. The molecule has 1 aliphatic heterocycles. The molecule has 0 saturated heterocycles. The van der Waals surface area contributed by atoms with Crippen LogP contribution in [0.2, 0.25) is 0 Å². The van der Waals surface area contributed by atoms with E-state index in [1.807, 2.05) is 31.2 Å². The van der Waals surface area contributed by atoms with Gasteiger partial charge in [0.1, 0.15) is 17.9 Å². The number of amides is 2. The Balaban J connectivity index is 1.44. The number of hydrogen-bond acceptors (Lipinski definition) is 7. The molecule has 33 heavy (non-hydrogen) atoms. The van der Waals surface area contributed by atoms with Crippen molar-refractivity contribution in [2.24, 2.45) is 0 Å². The Bertz CT molecular complexity index is 1200. The Hall–Kier alpha value is -3.20. The summed E-state index contributed by atoms with van der Waals surface area (Å²) in [5.41, 5.74) is 3.23. The number of fused-ring (bicyclic) bond motifs is 2. The molecule has 0 spiro atoms. The number of carbonyl (C=O) groups excluding carboxylic acids is 2. The third-order valence-electron chi connectivity index (χ3n) is 5.92. The van der Waals surface area contributed by atoms with Gasteiger partial charge < -0.3 is 14.8 Å². The predicted molar refractivity (Wildman–Crippen MR) is 128 cm³/mol. The Morgan fingerprint density at radius 1 is 1.18 bits per heavy atom. The summed E-state index contributed by atoms with van der Waals surface area (Å²) < 4.78 is 12.7. The number of anilines is 2. The van der Waals surface area contributed by atoms with Gasteiger partial charge in [-0.15, -0.1) is 0 Å². The zero-order valence-corrected chi connectivity index (χ0v) is 19.5. The summed E-state index contributed by atoms with van der Waals surface area (Å²) in [6.07, 6.45) is 6.47. The summed E-state index contributed by atoms with van der Waals surface area (Å²) >= 11 is 1.42. The summed E-state index contributed by atoms with van der Waals surface area (Å²) in [5, 5.41) is 3.30. The molecule has 0 bridgehead atoms. The minimum atomic E-state index is -0.338. The molecule has 2 aromatic heterocycles. The second-order valence-corrected chi connectivity index (χ2v) is 9.64. The zero-order chi connectivity index (χ0) is 22.9. The molecule has 1 N–H and O–H groups in total. The zero-order valence-electron chi connectivity index (χ0n) is 18.7. The van der Waals surface area contributed by atoms with Gasteiger partial charge in [-0.1, -0.05) is 23.8 Å². The van der Waals surface area contributed by atoms with Gasteiger partial charge in [-0.3, -0.25) is 9.69 Å². The number of nitrogens with zero attached hydrogens (tertiary/aromatic N) is 3. The van der Waals surface area contributed by atoms with Crippen LogP contribution in [-0.2, 0) is 9.53 Å². The molecule has 1 fully saturated rings. The van der Waals surface area contributed by atoms with Crippen LogP contribution in [0.3, 0.4) is 0 Å². The van der Waals surface area contributed by atoms with Crippen molar-refractivity contribution >= 4 is 44.4 Å². The molecule has 5 rings (SSSR count). The number of nitrogens with one attached hydrogen (secondary N) is 1. The van der Waals surface area contributed by atoms with Gasteiger partial charge in [0, 0.05) is 18.7 Å². The van der Waals surface area contributed by atoms with Crippen LogP contribution in [0.5, 0.6) is 5.88 Å². The number of thiazole rings is 1. The number of rotatable bonds is 3. The van der Waals surface area contributed by atoms with E-state index in [2.05, 4.69) is 15.3 Å². The number of hydrogen-bond donors (Lipinski definition) is 1. The van der Waals surface area contributed by atoms with Crippen molar-refractivity contribution in [1.82, 2.24) is 9.97 Å². The third kappa shape index (κ3) is 4.64. The highest BCUT2D eigenvalue weighted by Gasteiger charge is 2.32. The molecule has 1 atom stereocenters. The first-order chi connectivity index (χ1) is 16.0. The quantitative estimate of drug-likeness (QED) is 0.557. The van der Waals surface area contributed by atoms with E-state index in [1.165, 1.54) is 24.7 Å². The maximum absolute atomic E-state index is 13.1. The smallest absolute Gasteiger partial charge is 0.414 e. The van der Waals surface area contributed by atoms with Gasteiger partial charge in [0.15, 0.2) is 5.13 Å². The van der Waals surface area contributed by atoms with E-state index in [0.29, 0.717) is 23.2 Å². The molecule has 9 heteroatoms. The summed E-state index contributed by atoms with van der Waals surface area (Å²) in [5.74, 6) is 0.285. The first-order valence-electron chi connectivity index (χ1n) is 11.3. The minimum Gasteiger partial charge on any atom is -0.471 e. The minimum absolute atomic E-state index is 0.0180. The highest BCUT2D eigenvalue weighted by atomic mass is 32.1. The maximum atomic E-state index is 13.1. The van der Waals surface area contributed by atoms with E-state index < -0.39 is 0 Å². The van der Waals surface area contributed by atoms with Gasteiger partial charge in [0.2, 0.25) is 11.8 Å². The fraction of sp³-hybridized carbons (Fsp3) is 0.417. The molecule has 2 aliphatic rings. The highest BCUT2D eigenvalue weighted by molar-refractivity contribution is 7.22. The van der Waals surface area contributed by atoms with E-state index >= 15 is 0 Å². The number of ether oxygens (including phenoxy) is 2. The van der Waals surface area contributed by atoms with Crippen LogP contribution >= 0.6 is 11.3 Å². The first kappa shape index (κ1) is 21.6. The molecular weight excluding hydrogens is 440 g/mol. The van der Waals surface area contributed by atoms with Crippen molar-refractivity contribution in [3.8, 4) is 17.0 Å². The number of carbonyl (C=O) groups is 2. The second-order valence-electron chi connectivity index (χ2n) is 8.61. The van der Waals surface area contributed by atoms with Crippen molar-refractivity contribution in [2.45, 2.75) is 58.2 Å². The summed E-state index contributed by atoms with van der Waals surface area (Å²) in [6, 6.07) is 7.81. The van der Waals surface area contributed by atoms with Crippen molar-refractivity contribution in [3.63, 3.8) is 0 Å². The normalized spacial score (nSPS) is 18.5. The van der Waals surface area contributed by atoms with E-state index in [1.54, 1.807) is 11.1 Å². The average molecular weight is 467 g/mol. The van der Waals surface area contributed by atoms with Crippen LogP contribution in [0.4, 0.5) is 15.6 Å². The van der Waals surface area contributed by atoms with Gasteiger partial charge in [0.25, 0.3) is 0 Å². The third-order valence-corrected chi connectivity index (χ3v) is 6.85. The van der Waals surface area contributed by atoms with Crippen molar-refractivity contribution < 1.29 is 19.1 Å². The molecule has 1 saturated carbocycles. The lowest BCUT2D eigenvalue weighted by molar-refractivity contribution is -0.114. The fourth-order valence-electron chi connectivity index (χ4n) is 4.34. The van der Waals surface area contributed by atoms with E-state index in [9.17, 15) is 9.59 Å². The van der Waals surface area contributed by atoms with Crippen molar-refractivity contribution in [3.05, 3.63) is 30.5 Å². The number of benzene rings is 1. The number of pyridine rings is 1. The Morgan fingerprint density at radius 2 is 2.00 bits per heavy atom. The van der Waals surface area contributed by atoms with E-state index in [4.69, 9.17) is 9.47 Å².